The molecule has 1 aliphatic rings. The van der Waals surface area contributed by atoms with Crippen molar-refractivity contribution >= 4 is 11.8 Å². The number of phenolic OH excluding ortho intramolecular Hbond substituents is 1. The highest BCUT2D eigenvalue weighted by molar-refractivity contribution is 5.97. The van der Waals surface area contributed by atoms with Crippen LogP contribution in [-0.2, 0) is 18.3 Å². The summed E-state index contributed by atoms with van der Waals surface area (Å²) in [6.45, 7) is 5.97. The molecule has 144 valence electrons. The average Bonchev–Trinajstić information content (AvgIpc) is 2.91. The van der Waals surface area contributed by atoms with Gasteiger partial charge in [0.05, 0.1) is 11.3 Å². The van der Waals surface area contributed by atoms with Gasteiger partial charge in [0.15, 0.2) is 0 Å². The Labute approximate surface area is 159 Å². The molecule has 0 aliphatic carbocycles. The number of aromatic nitrogens is 2. The normalized spacial score (nSPS) is 14.5. The Morgan fingerprint density at radius 3 is 2.30 bits per heavy atom. The number of nitrogens with zero attached hydrogens (tertiary/aromatic N) is 4. The Bertz CT molecular complexity index is 851. The number of aromatic hydroxyl groups is 1. The number of phenols is 1. The lowest BCUT2D eigenvalue weighted by Crippen LogP contribution is -2.50. The van der Waals surface area contributed by atoms with Crippen molar-refractivity contribution in [3.8, 4) is 5.75 Å². The second kappa shape index (κ2) is 7.82. The van der Waals surface area contributed by atoms with Gasteiger partial charge in [0.25, 0.3) is 5.91 Å². The predicted molar refractivity (Wildman–Crippen MR) is 102 cm³/mol. The smallest absolute Gasteiger partial charge is 0.257 e. The maximum Gasteiger partial charge on any atom is 0.257 e. The van der Waals surface area contributed by atoms with E-state index in [0.717, 1.165) is 17.0 Å². The van der Waals surface area contributed by atoms with Crippen LogP contribution < -0.4 is 0 Å². The molecule has 0 unspecified atom stereocenters. The van der Waals surface area contributed by atoms with Gasteiger partial charge in [0, 0.05) is 45.3 Å². The van der Waals surface area contributed by atoms with Crippen molar-refractivity contribution in [2.45, 2.75) is 26.7 Å². The lowest BCUT2D eigenvalue weighted by Gasteiger charge is -2.35. The van der Waals surface area contributed by atoms with Crippen molar-refractivity contribution in [2.75, 3.05) is 26.2 Å². The zero-order valence-corrected chi connectivity index (χ0v) is 16.1. The number of para-hydroxylation sites is 1. The van der Waals surface area contributed by atoms with E-state index in [1.807, 2.05) is 30.5 Å². The summed E-state index contributed by atoms with van der Waals surface area (Å²) in [5.74, 6) is -0.0997. The standard InChI is InChI=1S/C20H26N4O3/c1-14-16(15(2)22(3)21-14)8-9-19(26)23-10-12-24(13-11-23)20(27)17-6-4-5-7-18(17)25/h4-7,25H,8-13H2,1-3H3. The first-order valence-corrected chi connectivity index (χ1v) is 9.22. The summed E-state index contributed by atoms with van der Waals surface area (Å²) in [5, 5.41) is 14.3. The Balaban J connectivity index is 1.53. The maximum absolute atomic E-state index is 12.6. The number of aryl methyl sites for hydroxylation is 2. The van der Waals surface area contributed by atoms with Gasteiger partial charge in [-0.1, -0.05) is 12.1 Å². The second-order valence-electron chi connectivity index (χ2n) is 6.96. The van der Waals surface area contributed by atoms with E-state index in [1.165, 1.54) is 6.07 Å². The topological polar surface area (TPSA) is 78.7 Å². The van der Waals surface area contributed by atoms with Crippen LogP contribution in [0.4, 0.5) is 0 Å². The molecule has 2 amide bonds. The molecule has 1 N–H and O–H groups in total. The molecule has 0 bridgehead atoms. The SMILES string of the molecule is Cc1nn(C)c(C)c1CCC(=O)N1CCN(C(=O)c2ccccc2O)CC1. The van der Waals surface area contributed by atoms with E-state index in [9.17, 15) is 14.7 Å². The van der Waals surface area contributed by atoms with Gasteiger partial charge in [0.2, 0.25) is 5.91 Å². The number of rotatable bonds is 4. The van der Waals surface area contributed by atoms with Gasteiger partial charge in [0.1, 0.15) is 5.75 Å². The summed E-state index contributed by atoms with van der Waals surface area (Å²) in [5.41, 5.74) is 3.51. The number of hydrogen-bond donors (Lipinski definition) is 1. The molecule has 0 atom stereocenters. The van der Waals surface area contributed by atoms with Gasteiger partial charge in [-0.2, -0.15) is 5.10 Å². The molecule has 0 radical (unpaired) electrons. The fraction of sp³-hybridized carbons (Fsp3) is 0.450. The summed E-state index contributed by atoms with van der Waals surface area (Å²) < 4.78 is 1.85. The van der Waals surface area contributed by atoms with Crippen molar-refractivity contribution in [2.24, 2.45) is 7.05 Å². The minimum atomic E-state index is -0.193. The Kier molecular flexibility index (Phi) is 5.48. The number of carbonyl (C=O) groups excluding carboxylic acids is 2. The lowest BCUT2D eigenvalue weighted by atomic mass is 10.1. The molecule has 7 heteroatoms. The first-order chi connectivity index (χ1) is 12.9. The summed E-state index contributed by atoms with van der Waals surface area (Å²) >= 11 is 0. The summed E-state index contributed by atoms with van der Waals surface area (Å²) in [4.78, 5) is 28.6. The van der Waals surface area contributed by atoms with Crippen molar-refractivity contribution < 1.29 is 14.7 Å². The summed E-state index contributed by atoms with van der Waals surface area (Å²) in [6.07, 6.45) is 1.13. The van der Waals surface area contributed by atoms with E-state index in [1.54, 1.807) is 23.1 Å². The van der Waals surface area contributed by atoms with Crippen LogP contribution >= 0.6 is 0 Å². The molecule has 1 aromatic carbocycles. The first kappa shape index (κ1) is 18.9. The van der Waals surface area contributed by atoms with Crippen LogP contribution in [-0.4, -0.2) is 62.7 Å². The molecule has 2 heterocycles. The van der Waals surface area contributed by atoms with E-state index in [-0.39, 0.29) is 17.6 Å². The van der Waals surface area contributed by atoms with E-state index in [4.69, 9.17) is 0 Å². The molecule has 1 aromatic heterocycles. The molecule has 3 rings (SSSR count). The fourth-order valence-electron chi connectivity index (χ4n) is 3.55. The van der Waals surface area contributed by atoms with Crippen LogP contribution in [0.25, 0.3) is 0 Å². The molecule has 2 aromatic rings. The van der Waals surface area contributed by atoms with Crippen LogP contribution in [0, 0.1) is 13.8 Å². The molecule has 27 heavy (non-hydrogen) atoms. The van der Waals surface area contributed by atoms with Crippen LogP contribution in [0.2, 0.25) is 0 Å². The van der Waals surface area contributed by atoms with Gasteiger partial charge in [-0.15, -0.1) is 0 Å². The molecule has 0 spiro atoms. The van der Waals surface area contributed by atoms with Crippen molar-refractivity contribution in [3.05, 3.63) is 46.8 Å². The molecular formula is C20H26N4O3. The average molecular weight is 370 g/mol. The largest absolute Gasteiger partial charge is 0.507 e. The Hall–Kier alpha value is -2.83. The minimum absolute atomic E-state index is 0.0109. The van der Waals surface area contributed by atoms with Gasteiger partial charge < -0.3 is 14.9 Å². The van der Waals surface area contributed by atoms with Crippen molar-refractivity contribution in [3.63, 3.8) is 0 Å². The highest BCUT2D eigenvalue weighted by Crippen LogP contribution is 2.19. The zero-order valence-electron chi connectivity index (χ0n) is 16.1. The highest BCUT2D eigenvalue weighted by atomic mass is 16.3. The fourth-order valence-corrected chi connectivity index (χ4v) is 3.55. The Morgan fingerprint density at radius 2 is 1.70 bits per heavy atom. The third kappa shape index (κ3) is 3.97. The number of carbonyl (C=O) groups is 2. The van der Waals surface area contributed by atoms with Crippen molar-refractivity contribution in [1.82, 2.24) is 19.6 Å². The van der Waals surface area contributed by atoms with Crippen LogP contribution in [0.3, 0.4) is 0 Å². The van der Waals surface area contributed by atoms with Crippen molar-refractivity contribution in [1.29, 1.82) is 0 Å². The maximum atomic E-state index is 12.6. The number of hydrogen-bond acceptors (Lipinski definition) is 4. The molecule has 0 saturated carbocycles. The lowest BCUT2D eigenvalue weighted by molar-refractivity contribution is -0.132. The van der Waals surface area contributed by atoms with E-state index >= 15 is 0 Å². The second-order valence-corrected chi connectivity index (χ2v) is 6.96. The van der Waals surface area contributed by atoms with Gasteiger partial charge in [-0.3, -0.25) is 14.3 Å². The van der Waals surface area contributed by atoms with Crippen LogP contribution in [0.15, 0.2) is 24.3 Å². The zero-order chi connectivity index (χ0) is 19.6. The van der Waals surface area contributed by atoms with E-state index in [0.29, 0.717) is 44.6 Å². The summed E-state index contributed by atoms with van der Waals surface area (Å²) in [7, 11) is 1.91. The van der Waals surface area contributed by atoms with Crippen LogP contribution in [0.1, 0.15) is 33.7 Å². The number of piperazine rings is 1. The highest BCUT2D eigenvalue weighted by Gasteiger charge is 2.26. The first-order valence-electron chi connectivity index (χ1n) is 9.22. The summed E-state index contributed by atoms with van der Waals surface area (Å²) in [6, 6.07) is 6.55. The third-order valence-electron chi connectivity index (χ3n) is 5.30. The van der Waals surface area contributed by atoms with E-state index < -0.39 is 0 Å². The number of amides is 2. The molecule has 1 aliphatic heterocycles. The monoisotopic (exact) mass is 370 g/mol. The Morgan fingerprint density at radius 1 is 1.07 bits per heavy atom. The minimum Gasteiger partial charge on any atom is -0.507 e. The quantitative estimate of drug-likeness (QED) is 0.888. The van der Waals surface area contributed by atoms with Gasteiger partial charge >= 0.3 is 0 Å². The van der Waals surface area contributed by atoms with Gasteiger partial charge in [-0.25, -0.2) is 0 Å². The third-order valence-corrected chi connectivity index (χ3v) is 5.30. The molecular weight excluding hydrogens is 344 g/mol. The predicted octanol–water partition coefficient (Wildman–Crippen LogP) is 1.66. The van der Waals surface area contributed by atoms with Gasteiger partial charge in [-0.05, 0) is 38.0 Å². The van der Waals surface area contributed by atoms with E-state index in [2.05, 4.69) is 5.10 Å². The molecule has 1 saturated heterocycles. The number of benzene rings is 1. The molecule has 1 fully saturated rings. The molecule has 7 nitrogen and oxygen atoms in total. The van der Waals surface area contributed by atoms with Crippen LogP contribution in [0.5, 0.6) is 5.75 Å².